The normalized spacial score (nSPS) is 19.6. The van der Waals surface area contributed by atoms with E-state index in [1.54, 1.807) is 14.1 Å². The number of carbonyl (C=O) groups is 2. The van der Waals surface area contributed by atoms with Crippen LogP contribution >= 0.6 is 0 Å². The molecule has 104 valence electrons. The molecule has 3 amide bonds. The van der Waals surface area contributed by atoms with Gasteiger partial charge in [-0.05, 0) is 19.4 Å². The van der Waals surface area contributed by atoms with Crippen LogP contribution in [0.25, 0.3) is 0 Å². The molecule has 0 aromatic carbocycles. The lowest BCUT2D eigenvalue weighted by molar-refractivity contribution is -0.120. The summed E-state index contributed by atoms with van der Waals surface area (Å²) in [4.78, 5) is 26.6. The third-order valence-electron chi connectivity index (χ3n) is 2.98. The van der Waals surface area contributed by atoms with Crippen molar-refractivity contribution in [2.75, 3.05) is 40.3 Å². The Morgan fingerprint density at radius 3 is 2.72 bits per heavy atom. The molecule has 0 spiro atoms. The summed E-state index contributed by atoms with van der Waals surface area (Å²) in [7, 11) is 3.29. The standard InChI is InChI=1S/C12H24N4O2/c1-4-6-16-7-5-10(9-16)14-11(17)8-13-12(18)15(2)3/h10H,4-9H2,1-3H3,(H,13,18)(H,14,17). The van der Waals surface area contributed by atoms with Crippen LogP contribution in [-0.4, -0.2) is 68.1 Å². The molecular weight excluding hydrogens is 232 g/mol. The Morgan fingerprint density at radius 1 is 1.39 bits per heavy atom. The Balaban J connectivity index is 2.19. The Hall–Kier alpha value is -1.30. The molecule has 0 aromatic heterocycles. The first kappa shape index (κ1) is 14.8. The van der Waals surface area contributed by atoms with Gasteiger partial charge in [0.2, 0.25) is 5.91 Å². The van der Waals surface area contributed by atoms with E-state index in [0.29, 0.717) is 0 Å². The van der Waals surface area contributed by atoms with Gasteiger partial charge in [-0.1, -0.05) is 6.92 Å². The van der Waals surface area contributed by atoms with E-state index in [0.717, 1.165) is 32.5 Å². The summed E-state index contributed by atoms with van der Waals surface area (Å²) in [6.07, 6.45) is 2.13. The van der Waals surface area contributed by atoms with Crippen LogP contribution in [0.4, 0.5) is 4.79 Å². The van der Waals surface area contributed by atoms with Crippen molar-refractivity contribution in [3.05, 3.63) is 0 Å². The van der Waals surface area contributed by atoms with Gasteiger partial charge in [-0.3, -0.25) is 4.79 Å². The number of likely N-dealkylation sites (tertiary alicyclic amines) is 1. The lowest BCUT2D eigenvalue weighted by Crippen LogP contribution is -2.45. The van der Waals surface area contributed by atoms with E-state index < -0.39 is 0 Å². The second-order valence-corrected chi connectivity index (χ2v) is 4.91. The molecule has 0 saturated carbocycles. The van der Waals surface area contributed by atoms with Gasteiger partial charge in [0.15, 0.2) is 0 Å². The summed E-state index contributed by atoms with van der Waals surface area (Å²) in [6, 6.07) is -0.0236. The van der Waals surface area contributed by atoms with Crippen molar-refractivity contribution in [3.63, 3.8) is 0 Å². The first-order valence-corrected chi connectivity index (χ1v) is 6.49. The highest BCUT2D eigenvalue weighted by molar-refractivity contribution is 5.83. The number of nitrogens with one attached hydrogen (secondary N) is 2. The number of nitrogens with zero attached hydrogens (tertiary/aromatic N) is 2. The zero-order chi connectivity index (χ0) is 13.5. The van der Waals surface area contributed by atoms with Crippen molar-refractivity contribution in [1.82, 2.24) is 20.4 Å². The van der Waals surface area contributed by atoms with Gasteiger partial charge in [0, 0.05) is 33.2 Å². The van der Waals surface area contributed by atoms with Gasteiger partial charge in [0.25, 0.3) is 0 Å². The van der Waals surface area contributed by atoms with Crippen LogP contribution < -0.4 is 10.6 Å². The summed E-state index contributed by atoms with van der Waals surface area (Å²) >= 11 is 0. The van der Waals surface area contributed by atoms with Crippen molar-refractivity contribution in [3.8, 4) is 0 Å². The molecule has 1 rings (SSSR count). The van der Waals surface area contributed by atoms with Crippen LogP contribution in [0, 0.1) is 0 Å². The van der Waals surface area contributed by atoms with Crippen LogP contribution in [0.1, 0.15) is 19.8 Å². The lowest BCUT2D eigenvalue weighted by atomic mass is 10.2. The molecule has 1 aliphatic heterocycles. The number of amides is 3. The van der Waals surface area contributed by atoms with Crippen LogP contribution in [0.2, 0.25) is 0 Å². The van der Waals surface area contributed by atoms with E-state index in [1.807, 2.05) is 0 Å². The van der Waals surface area contributed by atoms with Crippen molar-refractivity contribution >= 4 is 11.9 Å². The third-order valence-corrected chi connectivity index (χ3v) is 2.98. The maximum absolute atomic E-state index is 11.6. The molecule has 0 aliphatic carbocycles. The zero-order valence-corrected chi connectivity index (χ0v) is 11.5. The molecule has 1 fully saturated rings. The van der Waals surface area contributed by atoms with Gasteiger partial charge in [0.05, 0.1) is 6.54 Å². The minimum atomic E-state index is -0.246. The molecule has 2 N–H and O–H groups in total. The number of hydrogen-bond donors (Lipinski definition) is 2. The fourth-order valence-corrected chi connectivity index (χ4v) is 2.06. The maximum Gasteiger partial charge on any atom is 0.317 e. The second-order valence-electron chi connectivity index (χ2n) is 4.91. The molecule has 0 radical (unpaired) electrons. The summed E-state index contributed by atoms with van der Waals surface area (Å²) < 4.78 is 0. The van der Waals surface area contributed by atoms with E-state index in [1.165, 1.54) is 4.90 Å². The van der Waals surface area contributed by atoms with Crippen LogP contribution in [-0.2, 0) is 4.79 Å². The predicted octanol–water partition coefficient (Wildman–Crippen LogP) is -0.142. The summed E-state index contributed by atoms with van der Waals surface area (Å²) in [5.74, 6) is -0.117. The van der Waals surface area contributed by atoms with E-state index in [9.17, 15) is 9.59 Å². The van der Waals surface area contributed by atoms with Gasteiger partial charge in [-0.2, -0.15) is 0 Å². The highest BCUT2D eigenvalue weighted by Crippen LogP contribution is 2.08. The van der Waals surface area contributed by atoms with Crippen molar-refractivity contribution in [1.29, 1.82) is 0 Å². The quantitative estimate of drug-likeness (QED) is 0.719. The van der Waals surface area contributed by atoms with Gasteiger partial charge in [-0.15, -0.1) is 0 Å². The molecule has 1 heterocycles. The highest BCUT2D eigenvalue weighted by atomic mass is 16.2. The first-order chi connectivity index (χ1) is 8.52. The van der Waals surface area contributed by atoms with E-state index >= 15 is 0 Å². The van der Waals surface area contributed by atoms with Crippen LogP contribution in [0.5, 0.6) is 0 Å². The average molecular weight is 256 g/mol. The highest BCUT2D eigenvalue weighted by Gasteiger charge is 2.22. The SMILES string of the molecule is CCCN1CCC(NC(=O)CNC(=O)N(C)C)C1. The summed E-state index contributed by atoms with van der Waals surface area (Å²) in [5, 5.41) is 5.50. The Bertz CT molecular complexity index is 294. The molecule has 6 heteroatoms. The topological polar surface area (TPSA) is 64.7 Å². The van der Waals surface area contributed by atoms with Gasteiger partial charge < -0.3 is 20.4 Å². The number of urea groups is 1. The summed E-state index contributed by atoms with van der Waals surface area (Å²) in [6.45, 7) is 5.25. The fraction of sp³-hybridized carbons (Fsp3) is 0.833. The number of rotatable bonds is 5. The summed E-state index contributed by atoms with van der Waals surface area (Å²) in [5.41, 5.74) is 0. The maximum atomic E-state index is 11.6. The zero-order valence-electron chi connectivity index (χ0n) is 11.5. The smallest absolute Gasteiger partial charge is 0.317 e. The van der Waals surface area contributed by atoms with Crippen molar-refractivity contribution < 1.29 is 9.59 Å². The van der Waals surface area contributed by atoms with Gasteiger partial charge in [-0.25, -0.2) is 4.79 Å². The molecule has 0 bridgehead atoms. The van der Waals surface area contributed by atoms with E-state index in [2.05, 4.69) is 22.5 Å². The fourth-order valence-electron chi connectivity index (χ4n) is 2.06. The first-order valence-electron chi connectivity index (χ1n) is 6.49. The number of carbonyl (C=O) groups excluding carboxylic acids is 2. The Kier molecular flexibility index (Phi) is 5.91. The largest absolute Gasteiger partial charge is 0.350 e. The minimum absolute atomic E-state index is 0.0429. The van der Waals surface area contributed by atoms with Crippen LogP contribution in [0.3, 0.4) is 0 Å². The second kappa shape index (κ2) is 7.20. The molecule has 1 unspecified atom stereocenters. The number of hydrogen-bond acceptors (Lipinski definition) is 3. The van der Waals surface area contributed by atoms with E-state index in [4.69, 9.17) is 0 Å². The predicted molar refractivity (Wildman–Crippen MR) is 70.4 cm³/mol. The van der Waals surface area contributed by atoms with Gasteiger partial charge in [0.1, 0.15) is 0 Å². The molecule has 6 nitrogen and oxygen atoms in total. The monoisotopic (exact) mass is 256 g/mol. The van der Waals surface area contributed by atoms with Gasteiger partial charge >= 0.3 is 6.03 Å². The Labute approximate surface area is 109 Å². The molecule has 1 atom stereocenters. The lowest BCUT2D eigenvalue weighted by Gasteiger charge is -2.16. The molecular formula is C12H24N4O2. The molecule has 18 heavy (non-hydrogen) atoms. The minimum Gasteiger partial charge on any atom is -0.350 e. The Morgan fingerprint density at radius 2 is 2.11 bits per heavy atom. The molecule has 1 aliphatic rings. The van der Waals surface area contributed by atoms with Crippen molar-refractivity contribution in [2.24, 2.45) is 0 Å². The molecule has 1 saturated heterocycles. The van der Waals surface area contributed by atoms with E-state index in [-0.39, 0.29) is 24.5 Å². The van der Waals surface area contributed by atoms with Crippen molar-refractivity contribution in [2.45, 2.75) is 25.8 Å². The average Bonchev–Trinajstić information content (AvgIpc) is 2.73. The van der Waals surface area contributed by atoms with Crippen LogP contribution in [0.15, 0.2) is 0 Å². The third kappa shape index (κ3) is 4.91. The molecule has 0 aromatic rings.